The van der Waals surface area contributed by atoms with Crippen molar-refractivity contribution < 1.29 is 14.3 Å². The lowest BCUT2D eigenvalue weighted by Gasteiger charge is -2.34. The van der Waals surface area contributed by atoms with Crippen LogP contribution in [0.3, 0.4) is 0 Å². The van der Waals surface area contributed by atoms with Crippen LogP contribution in [-0.2, 0) is 16.0 Å². The molecule has 0 N–H and O–H groups in total. The van der Waals surface area contributed by atoms with Gasteiger partial charge in [0.15, 0.2) is 0 Å². The summed E-state index contributed by atoms with van der Waals surface area (Å²) in [4.78, 5) is 16.9. The van der Waals surface area contributed by atoms with Gasteiger partial charge in [-0.3, -0.25) is 4.79 Å². The van der Waals surface area contributed by atoms with Crippen LogP contribution in [0, 0.1) is 11.8 Å². The average Bonchev–Trinajstić information content (AvgIpc) is 3.21. The van der Waals surface area contributed by atoms with E-state index in [1.165, 1.54) is 18.4 Å². The molecule has 1 amide bonds. The lowest BCUT2D eigenvalue weighted by atomic mass is 9.95. The number of hydrogen-bond acceptors (Lipinski definition) is 4. The molecule has 2 aliphatic rings. The largest absolute Gasteiger partial charge is 0.496 e. The molecule has 3 rings (SSSR count). The molecule has 0 bridgehead atoms. The van der Waals surface area contributed by atoms with Crippen molar-refractivity contribution in [2.45, 2.75) is 25.7 Å². The van der Waals surface area contributed by atoms with Crippen molar-refractivity contribution in [3.8, 4) is 5.75 Å². The number of hydrogen-bond donors (Lipinski definition) is 0. The van der Waals surface area contributed by atoms with Gasteiger partial charge in [0.25, 0.3) is 0 Å². The van der Waals surface area contributed by atoms with E-state index in [0.29, 0.717) is 12.5 Å². The van der Waals surface area contributed by atoms with Gasteiger partial charge in [-0.15, -0.1) is 0 Å². The number of benzene rings is 1. The topological polar surface area (TPSA) is 42.0 Å². The maximum Gasteiger partial charge on any atom is 0.227 e. The first-order chi connectivity index (χ1) is 12.7. The van der Waals surface area contributed by atoms with Crippen LogP contribution in [0.25, 0.3) is 0 Å². The second kappa shape index (κ2) is 9.38. The standard InChI is InChI=1S/C21H32N2O3/c1-22(21(24)19-10-14-26-16-19)15-17-7-11-23(12-8-17)13-9-18-5-3-4-6-20(18)25-2/h3-6,17,19H,7-16H2,1-2H3/t19-/m0/s1. The van der Waals surface area contributed by atoms with Gasteiger partial charge in [0, 0.05) is 26.7 Å². The summed E-state index contributed by atoms with van der Waals surface area (Å²) in [6.45, 7) is 5.53. The Balaban J connectivity index is 1.39. The van der Waals surface area contributed by atoms with E-state index in [4.69, 9.17) is 9.47 Å². The SMILES string of the molecule is COc1ccccc1CCN1CCC(CN(C)C(=O)[C@H]2CCOC2)CC1. The van der Waals surface area contributed by atoms with E-state index < -0.39 is 0 Å². The summed E-state index contributed by atoms with van der Waals surface area (Å²) in [5.74, 6) is 1.95. The number of carbonyl (C=O) groups excluding carboxylic acids is 1. The van der Waals surface area contributed by atoms with Gasteiger partial charge in [-0.2, -0.15) is 0 Å². The van der Waals surface area contributed by atoms with Crippen molar-refractivity contribution in [3.63, 3.8) is 0 Å². The summed E-state index contributed by atoms with van der Waals surface area (Å²) in [6.07, 6.45) is 4.24. The van der Waals surface area contributed by atoms with Gasteiger partial charge < -0.3 is 19.3 Å². The zero-order valence-corrected chi connectivity index (χ0v) is 16.2. The van der Waals surface area contributed by atoms with E-state index in [2.05, 4.69) is 17.0 Å². The molecule has 0 aliphatic carbocycles. The monoisotopic (exact) mass is 360 g/mol. The third-order valence-electron chi connectivity index (χ3n) is 5.78. The molecular weight excluding hydrogens is 328 g/mol. The Kier molecular flexibility index (Phi) is 6.92. The zero-order valence-electron chi connectivity index (χ0n) is 16.2. The second-order valence-electron chi connectivity index (χ2n) is 7.63. The molecule has 2 heterocycles. The first-order valence-corrected chi connectivity index (χ1v) is 9.84. The Labute approximate surface area is 157 Å². The Morgan fingerprint density at radius 2 is 2.04 bits per heavy atom. The van der Waals surface area contributed by atoms with Crippen LogP contribution in [0.5, 0.6) is 5.75 Å². The Morgan fingerprint density at radius 3 is 2.73 bits per heavy atom. The average molecular weight is 360 g/mol. The van der Waals surface area contributed by atoms with Gasteiger partial charge in [-0.1, -0.05) is 18.2 Å². The van der Waals surface area contributed by atoms with Crippen molar-refractivity contribution in [1.29, 1.82) is 0 Å². The minimum absolute atomic E-state index is 0.0842. The zero-order chi connectivity index (χ0) is 18.4. The molecule has 2 fully saturated rings. The number of methoxy groups -OCH3 is 1. The van der Waals surface area contributed by atoms with Crippen LogP contribution >= 0.6 is 0 Å². The van der Waals surface area contributed by atoms with Gasteiger partial charge in [0.1, 0.15) is 5.75 Å². The van der Waals surface area contributed by atoms with E-state index in [1.54, 1.807) is 7.11 Å². The van der Waals surface area contributed by atoms with Crippen molar-refractivity contribution in [2.24, 2.45) is 11.8 Å². The van der Waals surface area contributed by atoms with Crippen molar-refractivity contribution in [3.05, 3.63) is 29.8 Å². The number of carbonyl (C=O) groups is 1. The number of likely N-dealkylation sites (tertiary alicyclic amines) is 1. The predicted octanol–water partition coefficient (Wildman–Crippen LogP) is 2.44. The quantitative estimate of drug-likeness (QED) is 0.749. The molecule has 26 heavy (non-hydrogen) atoms. The summed E-state index contributed by atoms with van der Waals surface area (Å²) in [5.41, 5.74) is 1.28. The fraction of sp³-hybridized carbons (Fsp3) is 0.667. The molecular formula is C21H32N2O3. The molecule has 5 heteroatoms. The summed E-state index contributed by atoms with van der Waals surface area (Å²) in [7, 11) is 3.69. The predicted molar refractivity (Wildman–Crippen MR) is 102 cm³/mol. The molecule has 0 radical (unpaired) electrons. The number of ether oxygens (including phenoxy) is 2. The van der Waals surface area contributed by atoms with E-state index in [1.807, 2.05) is 24.1 Å². The molecule has 0 unspecified atom stereocenters. The van der Waals surface area contributed by atoms with Crippen molar-refractivity contribution in [1.82, 2.24) is 9.80 Å². The maximum atomic E-state index is 12.4. The fourth-order valence-corrected chi connectivity index (χ4v) is 4.10. The molecule has 5 nitrogen and oxygen atoms in total. The van der Waals surface area contributed by atoms with Gasteiger partial charge >= 0.3 is 0 Å². The van der Waals surface area contributed by atoms with Crippen LogP contribution in [0.2, 0.25) is 0 Å². The fourth-order valence-electron chi connectivity index (χ4n) is 4.10. The first-order valence-electron chi connectivity index (χ1n) is 9.84. The minimum Gasteiger partial charge on any atom is -0.496 e. The number of rotatable bonds is 7. The number of amides is 1. The molecule has 0 spiro atoms. The summed E-state index contributed by atoms with van der Waals surface area (Å²) in [5, 5.41) is 0. The van der Waals surface area contributed by atoms with Crippen LogP contribution in [0.1, 0.15) is 24.8 Å². The van der Waals surface area contributed by atoms with Gasteiger partial charge in [0.2, 0.25) is 5.91 Å². The van der Waals surface area contributed by atoms with Crippen LogP contribution in [0.15, 0.2) is 24.3 Å². The van der Waals surface area contributed by atoms with Crippen molar-refractivity contribution >= 4 is 5.91 Å². The first kappa shape index (κ1) is 19.2. The lowest BCUT2D eigenvalue weighted by molar-refractivity contribution is -0.134. The Morgan fingerprint density at radius 1 is 1.27 bits per heavy atom. The highest BCUT2D eigenvalue weighted by molar-refractivity contribution is 5.78. The van der Waals surface area contributed by atoms with Crippen LogP contribution in [-0.4, -0.2) is 69.3 Å². The van der Waals surface area contributed by atoms with E-state index >= 15 is 0 Å². The van der Waals surface area contributed by atoms with E-state index in [9.17, 15) is 4.79 Å². The highest BCUT2D eigenvalue weighted by atomic mass is 16.5. The molecule has 0 saturated carbocycles. The Bertz CT molecular complexity index is 578. The van der Waals surface area contributed by atoms with Crippen molar-refractivity contribution in [2.75, 3.05) is 53.6 Å². The summed E-state index contributed by atoms with van der Waals surface area (Å²) >= 11 is 0. The minimum atomic E-state index is 0.0842. The van der Waals surface area contributed by atoms with Gasteiger partial charge in [-0.05, 0) is 56.3 Å². The lowest BCUT2D eigenvalue weighted by Crippen LogP contribution is -2.41. The van der Waals surface area contributed by atoms with Crippen LogP contribution < -0.4 is 4.74 Å². The third-order valence-corrected chi connectivity index (χ3v) is 5.78. The second-order valence-corrected chi connectivity index (χ2v) is 7.63. The summed E-state index contributed by atoms with van der Waals surface area (Å²) < 4.78 is 10.8. The maximum absolute atomic E-state index is 12.4. The van der Waals surface area contributed by atoms with E-state index in [-0.39, 0.29) is 11.8 Å². The van der Waals surface area contributed by atoms with Gasteiger partial charge in [-0.25, -0.2) is 0 Å². The third kappa shape index (κ3) is 4.98. The molecule has 2 saturated heterocycles. The molecule has 0 aromatic heterocycles. The molecule has 144 valence electrons. The highest BCUT2D eigenvalue weighted by Crippen LogP contribution is 2.22. The van der Waals surface area contributed by atoms with E-state index in [0.717, 1.165) is 51.4 Å². The van der Waals surface area contributed by atoms with Gasteiger partial charge in [0.05, 0.1) is 19.6 Å². The number of nitrogens with zero attached hydrogens (tertiary/aromatic N) is 2. The number of piperidine rings is 1. The molecule has 1 atom stereocenters. The van der Waals surface area contributed by atoms with Crippen LogP contribution in [0.4, 0.5) is 0 Å². The normalized spacial score (nSPS) is 21.7. The molecule has 2 aliphatic heterocycles. The summed E-state index contributed by atoms with van der Waals surface area (Å²) in [6, 6.07) is 8.28. The molecule has 1 aromatic rings. The number of para-hydroxylation sites is 1. The highest BCUT2D eigenvalue weighted by Gasteiger charge is 2.28. The Hall–Kier alpha value is -1.59. The smallest absolute Gasteiger partial charge is 0.227 e. The molecule has 1 aromatic carbocycles.